The molecule has 1 unspecified atom stereocenters. The molecule has 0 aliphatic carbocycles. The highest BCUT2D eigenvalue weighted by Gasteiger charge is 2.21. The minimum Gasteiger partial charge on any atom is -0.480 e. The van der Waals surface area contributed by atoms with Crippen LogP contribution in [-0.4, -0.2) is 40.3 Å². The third-order valence-electron chi connectivity index (χ3n) is 2.97. The van der Waals surface area contributed by atoms with Gasteiger partial charge in [0.15, 0.2) is 5.78 Å². The lowest BCUT2D eigenvalue weighted by Gasteiger charge is -2.16. The smallest absolute Gasteiger partial charge is 0.326 e. The van der Waals surface area contributed by atoms with Crippen molar-refractivity contribution in [3.8, 4) is 0 Å². The van der Waals surface area contributed by atoms with Crippen molar-refractivity contribution >= 4 is 41.0 Å². The van der Waals surface area contributed by atoms with E-state index >= 15 is 0 Å². The molecule has 0 saturated heterocycles. The van der Waals surface area contributed by atoms with Crippen molar-refractivity contribution < 1.29 is 19.5 Å². The molecule has 0 aliphatic rings. The Kier molecular flexibility index (Phi) is 8.12. The summed E-state index contributed by atoms with van der Waals surface area (Å²) in [4.78, 5) is 34.8. The van der Waals surface area contributed by atoms with Gasteiger partial charge in [-0.15, -0.1) is 11.8 Å². The zero-order valence-corrected chi connectivity index (χ0v) is 14.6. The number of hydrogen-bond donors (Lipinski definition) is 2. The van der Waals surface area contributed by atoms with E-state index < -0.39 is 12.0 Å². The third kappa shape index (κ3) is 7.52. The maximum atomic E-state index is 11.9. The molecule has 0 radical (unpaired) electrons. The van der Waals surface area contributed by atoms with Crippen LogP contribution in [0.15, 0.2) is 24.3 Å². The maximum absolute atomic E-state index is 11.9. The van der Waals surface area contributed by atoms with Gasteiger partial charge >= 0.3 is 5.97 Å². The van der Waals surface area contributed by atoms with E-state index in [0.717, 1.165) is 11.8 Å². The first-order valence-corrected chi connectivity index (χ1v) is 8.71. The quantitative estimate of drug-likeness (QED) is 0.664. The fourth-order valence-electron chi connectivity index (χ4n) is 1.88. The number of carbonyl (C=O) groups is 3. The standard InChI is InChI=1S/C16H20ClNO4S/c1-10(2)7-13(16(21)22)18-15(20)9-23-8-14(19)11-3-5-12(17)6-4-11/h3-6,10,13H,7-9H2,1-2H3,(H,18,20)(H,21,22). The predicted octanol–water partition coefficient (Wildman–Crippen LogP) is 2.87. The number of carboxylic acid groups (broad SMARTS) is 1. The van der Waals surface area contributed by atoms with Crippen molar-refractivity contribution in [2.75, 3.05) is 11.5 Å². The second-order valence-corrected chi connectivity index (χ2v) is 6.93. The molecule has 2 N–H and O–H groups in total. The Morgan fingerprint density at radius 2 is 1.78 bits per heavy atom. The SMILES string of the molecule is CC(C)CC(NC(=O)CSCC(=O)c1ccc(Cl)cc1)C(=O)O. The van der Waals surface area contributed by atoms with E-state index in [1.165, 1.54) is 0 Å². The monoisotopic (exact) mass is 357 g/mol. The summed E-state index contributed by atoms with van der Waals surface area (Å²) >= 11 is 6.91. The lowest BCUT2D eigenvalue weighted by Crippen LogP contribution is -2.42. The number of ketones is 1. The molecule has 1 amide bonds. The van der Waals surface area contributed by atoms with Gasteiger partial charge in [0, 0.05) is 10.6 Å². The maximum Gasteiger partial charge on any atom is 0.326 e. The summed E-state index contributed by atoms with van der Waals surface area (Å²) < 4.78 is 0. The lowest BCUT2D eigenvalue weighted by molar-refractivity contribution is -0.141. The number of hydrogen-bond acceptors (Lipinski definition) is 4. The highest BCUT2D eigenvalue weighted by atomic mass is 35.5. The number of carboxylic acids is 1. The van der Waals surface area contributed by atoms with E-state index in [4.69, 9.17) is 16.7 Å². The summed E-state index contributed by atoms with van der Waals surface area (Å²) in [6, 6.07) is 5.64. The van der Waals surface area contributed by atoms with Crippen LogP contribution in [0.4, 0.5) is 0 Å². The number of aliphatic carboxylic acids is 1. The molecular weight excluding hydrogens is 338 g/mol. The highest BCUT2D eigenvalue weighted by molar-refractivity contribution is 8.00. The van der Waals surface area contributed by atoms with Gasteiger partial charge in [-0.25, -0.2) is 4.79 Å². The second kappa shape index (κ2) is 9.57. The average molecular weight is 358 g/mol. The number of benzene rings is 1. The van der Waals surface area contributed by atoms with E-state index in [1.54, 1.807) is 24.3 Å². The van der Waals surface area contributed by atoms with Crippen LogP contribution in [0.5, 0.6) is 0 Å². The van der Waals surface area contributed by atoms with Crippen LogP contribution in [0.25, 0.3) is 0 Å². The fourth-order valence-corrected chi connectivity index (χ4v) is 2.73. The Labute approximate surface area is 144 Å². The topological polar surface area (TPSA) is 83.5 Å². The normalized spacial score (nSPS) is 12.0. The molecule has 126 valence electrons. The number of carbonyl (C=O) groups excluding carboxylic acids is 2. The van der Waals surface area contributed by atoms with Gasteiger partial charge in [-0.3, -0.25) is 9.59 Å². The lowest BCUT2D eigenvalue weighted by atomic mass is 10.0. The zero-order valence-electron chi connectivity index (χ0n) is 13.0. The van der Waals surface area contributed by atoms with Gasteiger partial charge in [-0.1, -0.05) is 25.4 Å². The van der Waals surface area contributed by atoms with E-state index in [-0.39, 0.29) is 29.1 Å². The molecule has 7 heteroatoms. The van der Waals surface area contributed by atoms with Crippen LogP contribution in [0, 0.1) is 5.92 Å². The van der Waals surface area contributed by atoms with E-state index in [0.29, 0.717) is 17.0 Å². The zero-order chi connectivity index (χ0) is 17.4. The fraction of sp³-hybridized carbons (Fsp3) is 0.438. The first kappa shape index (κ1) is 19.5. The Morgan fingerprint density at radius 1 is 1.17 bits per heavy atom. The van der Waals surface area contributed by atoms with Gasteiger partial charge in [-0.2, -0.15) is 0 Å². The van der Waals surface area contributed by atoms with Gasteiger partial charge in [0.1, 0.15) is 6.04 Å². The van der Waals surface area contributed by atoms with Crippen molar-refractivity contribution in [1.29, 1.82) is 0 Å². The molecule has 5 nitrogen and oxygen atoms in total. The highest BCUT2D eigenvalue weighted by Crippen LogP contribution is 2.12. The minimum absolute atomic E-state index is 0.0429. The van der Waals surface area contributed by atoms with Crippen LogP contribution < -0.4 is 5.32 Å². The third-order valence-corrected chi connectivity index (χ3v) is 4.16. The molecule has 0 aromatic heterocycles. The molecule has 1 atom stereocenters. The molecule has 1 aromatic carbocycles. The Balaban J connectivity index is 2.39. The molecular formula is C16H20ClNO4S. The molecule has 1 rings (SSSR count). The predicted molar refractivity (Wildman–Crippen MR) is 92.1 cm³/mol. The van der Waals surface area contributed by atoms with Gasteiger partial charge in [-0.05, 0) is 36.6 Å². The van der Waals surface area contributed by atoms with Crippen LogP contribution in [0.1, 0.15) is 30.6 Å². The van der Waals surface area contributed by atoms with E-state index in [1.807, 2.05) is 13.8 Å². The summed E-state index contributed by atoms with van der Waals surface area (Å²) in [6.45, 7) is 3.78. The molecule has 0 heterocycles. The van der Waals surface area contributed by atoms with Gasteiger partial charge in [0.2, 0.25) is 5.91 Å². The minimum atomic E-state index is -1.05. The Bertz CT molecular complexity index is 560. The summed E-state index contributed by atoms with van der Waals surface area (Å²) in [5, 5.41) is 12.1. The summed E-state index contributed by atoms with van der Waals surface area (Å²) in [5.74, 6) is -1.17. The summed E-state index contributed by atoms with van der Waals surface area (Å²) in [6.07, 6.45) is 0.370. The van der Waals surface area contributed by atoms with E-state index in [2.05, 4.69) is 5.32 Å². The number of thioether (sulfide) groups is 1. The molecule has 0 spiro atoms. The first-order valence-electron chi connectivity index (χ1n) is 7.18. The van der Waals surface area contributed by atoms with Crippen LogP contribution in [0.2, 0.25) is 5.02 Å². The van der Waals surface area contributed by atoms with Crippen LogP contribution in [0.3, 0.4) is 0 Å². The number of rotatable bonds is 9. The van der Waals surface area contributed by atoms with Crippen molar-refractivity contribution in [3.63, 3.8) is 0 Å². The number of Topliss-reactive ketones (excluding diaryl/α,β-unsaturated/α-hetero) is 1. The molecule has 0 fully saturated rings. The second-order valence-electron chi connectivity index (χ2n) is 5.51. The molecule has 0 aliphatic heterocycles. The molecule has 1 aromatic rings. The largest absolute Gasteiger partial charge is 0.480 e. The Hall–Kier alpha value is -1.53. The first-order chi connectivity index (χ1) is 10.8. The van der Waals surface area contributed by atoms with Crippen LogP contribution in [-0.2, 0) is 9.59 Å². The number of amides is 1. The number of nitrogens with one attached hydrogen (secondary N) is 1. The summed E-state index contributed by atoms with van der Waals surface area (Å²) in [7, 11) is 0. The van der Waals surface area contributed by atoms with Gasteiger partial charge in [0.25, 0.3) is 0 Å². The van der Waals surface area contributed by atoms with Crippen molar-refractivity contribution in [2.24, 2.45) is 5.92 Å². The van der Waals surface area contributed by atoms with Gasteiger partial charge in [0.05, 0.1) is 11.5 Å². The van der Waals surface area contributed by atoms with Crippen LogP contribution >= 0.6 is 23.4 Å². The van der Waals surface area contributed by atoms with Crippen molar-refractivity contribution in [1.82, 2.24) is 5.32 Å². The van der Waals surface area contributed by atoms with E-state index in [9.17, 15) is 14.4 Å². The number of halogens is 1. The Morgan fingerprint density at radius 3 is 2.30 bits per heavy atom. The van der Waals surface area contributed by atoms with Gasteiger partial charge < -0.3 is 10.4 Å². The molecule has 23 heavy (non-hydrogen) atoms. The van der Waals surface area contributed by atoms with Crippen molar-refractivity contribution in [2.45, 2.75) is 26.3 Å². The average Bonchev–Trinajstić information content (AvgIpc) is 2.46. The summed E-state index contributed by atoms with van der Waals surface area (Å²) in [5.41, 5.74) is 0.533. The van der Waals surface area contributed by atoms with Crippen molar-refractivity contribution in [3.05, 3.63) is 34.9 Å². The molecule has 0 bridgehead atoms. The molecule has 0 saturated carbocycles.